The minimum absolute atomic E-state index is 0.0810. The average Bonchev–Trinajstić information content (AvgIpc) is 2.50. The fourth-order valence-electron chi connectivity index (χ4n) is 0.979. The molecule has 2 aromatic heterocycles. The molecule has 0 aliphatic carbocycles. The summed E-state index contributed by atoms with van der Waals surface area (Å²) in [6.07, 6.45) is 2.90. The van der Waals surface area contributed by atoms with Crippen molar-refractivity contribution in [2.24, 2.45) is 0 Å². The molecule has 2 heterocycles. The van der Waals surface area contributed by atoms with Crippen LogP contribution in [-0.2, 0) is 20.3 Å². The topological polar surface area (TPSA) is 138 Å². The quantitative estimate of drug-likeness (QED) is 0.738. The predicted molar refractivity (Wildman–Crippen MR) is 65.3 cm³/mol. The minimum atomic E-state index is -1.56. The van der Waals surface area contributed by atoms with Crippen LogP contribution in [0.4, 0.5) is 0 Å². The summed E-state index contributed by atoms with van der Waals surface area (Å²) in [5.41, 5.74) is 0.162. The van der Waals surface area contributed by atoms with Crippen molar-refractivity contribution in [2.75, 3.05) is 0 Å². The summed E-state index contributed by atoms with van der Waals surface area (Å²) < 4.78 is 15.7. The third-order valence-corrected chi connectivity index (χ3v) is 1.77. The van der Waals surface area contributed by atoms with E-state index in [0.717, 1.165) is 0 Å². The Morgan fingerprint density at radius 3 is 1.33 bits per heavy atom. The van der Waals surface area contributed by atoms with Gasteiger partial charge in [0.2, 0.25) is 0 Å². The SMILES string of the molecule is O=C(O)c1ccccn1.O=C(O)c1ccccn1.[O]=[V][OH]. The van der Waals surface area contributed by atoms with Crippen molar-refractivity contribution in [3.8, 4) is 0 Å². The van der Waals surface area contributed by atoms with Gasteiger partial charge >= 0.3 is 36.2 Å². The number of nitrogens with zero attached hydrogens (tertiary/aromatic N) is 2. The summed E-state index contributed by atoms with van der Waals surface area (Å²) in [6, 6.07) is 9.51. The van der Waals surface area contributed by atoms with Crippen molar-refractivity contribution in [3.63, 3.8) is 0 Å². The van der Waals surface area contributed by atoms with Gasteiger partial charge in [0, 0.05) is 12.4 Å². The first kappa shape index (κ1) is 18.6. The van der Waals surface area contributed by atoms with E-state index in [1.54, 1.807) is 24.3 Å². The maximum absolute atomic E-state index is 10.1. The zero-order valence-electron chi connectivity index (χ0n) is 10.5. The van der Waals surface area contributed by atoms with Crippen molar-refractivity contribution in [1.29, 1.82) is 0 Å². The summed E-state index contributed by atoms with van der Waals surface area (Å²) in [6.45, 7) is 0. The predicted octanol–water partition coefficient (Wildman–Crippen LogP) is 0.881. The first-order valence-corrected chi connectivity index (χ1v) is 6.47. The number of rotatable bonds is 2. The van der Waals surface area contributed by atoms with E-state index in [4.69, 9.17) is 17.9 Å². The number of carbonyl (C=O) groups is 2. The van der Waals surface area contributed by atoms with Crippen molar-refractivity contribution in [2.45, 2.75) is 0 Å². The summed E-state index contributed by atoms with van der Waals surface area (Å²) >= 11 is -1.56. The number of hydrogen-bond donors (Lipinski definition) is 3. The third kappa shape index (κ3) is 9.17. The first-order chi connectivity index (χ1) is 10.0. The van der Waals surface area contributed by atoms with Gasteiger partial charge in [-0.3, -0.25) is 0 Å². The van der Waals surface area contributed by atoms with E-state index < -0.39 is 28.5 Å². The van der Waals surface area contributed by atoms with Gasteiger partial charge < -0.3 is 10.2 Å². The molecule has 0 spiro atoms. The van der Waals surface area contributed by atoms with E-state index in [1.807, 2.05) is 0 Å². The Morgan fingerprint density at radius 2 is 1.19 bits per heavy atom. The molecular weight excluding hydrogens is 319 g/mol. The molecule has 0 saturated heterocycles. The van der Waals surface area contributed by atoms with Crippen molar-refractivity contribution in [3.05, 3.63) is 60.2 Å². The fourth-order valence-corrected chi connectivity index (χ4v) is 0.979. The van der Waals surface area contributed by atoms with Crippen LogP contribution in [0.5, 0.6) is 0 Å². The Kier molecular flexibility index (Phi) is 10.1. The number of aromatic carboxylic acids is 2. The molecule has 3 N–H and O–H groups in total. The molecule has 0 bridgehead atoms. The third-order valence-electron chi connectivity index (χ3n) is 1.77. The van der Waals surface area contributed by atoms with Gasteiger partial charge in [-0.05, 0) is 24.3 Å². The van der Waals surface area contributed by atoms with Crippen LogP contribution in [0.25, 0.3) is 0 Å². The van der Waals surface area contributed by atoms with E-state index in [-0.39, 0.29) is 11.4 Å². The van der Waals surface area contributed by atoms with E-state index in [2.05, 4.69) is 9.97 Å². The molecule has 0 aliphatic rings. The molecule has 0 saturated carbocycles. The van der Waals surface area contributed by atoms with Crippen LogP contribution in [0.2, 0.25) is 0 Å². The molecule has 0 aliphatic heterocycles. The average molecular weight is 330 g/mol. The van der Waals surface area contributed by atoms with Gasteiger partial charge in [-0.15, -0.1) is 0 Å². The second-order valence-corrected chi connectivity index (χ2v) is 3.38. The number of aromatic nitrogens is 2. The molecule has 0 atom stereocenters. The molecule has 110 valence electrons. The maximum atomic E-state index is 10.1. The van der Waals surface area contributed by atoms with Crippen LogP contribution in [0, 0.1) is 0 Å². The van der Waals surface area contributed by atoms with Gasteiger partial charge in [-0.25, -0.2) is 19.6 Å². The van der Waals surface area contributed by atoms with E-state index in [1.165, 1.54) is 24.5 Å². The van der Waals surface area contributed by atoms with Crippen LogP contribution >= 0.6 is 0 Å². The Labute approximate surface area is 126 Å². The molecule has 0 aromatic carbocycles. The second kappa shape index (κ2) is 11.4. The molecule has 21 heavy (non-hydrogen) atoms. The molecule has 0 fully saturated rings. The van der Waals surface area contributed by atoms with E-state index in [9.17, 15) is 9.59 Å². The monoisotopic (exact) mass is 330 g/mol. The molecule has 0 unspecified atom stereocenters. The van der Waals surface area contributed by atoms with Crippen LogP contribution in [0.3, 0.4) is 0 Å². The number of hydrogen-bond acceptors (Lipinski definition) is 5. The van der Waals surface area contributed by atoms with Crippen molar-refractivity contribution in [1.82, 2.24) is 9.97 Å². The van der Waals surface area contributed by atoms with Crippen LogP contribution in [-0.4, -0.2) is 36.2 Å². The van der Waals surface area contributed by atoms with Gasteiger partial charge in [0.05, 0.1) is 0 Å². The second-order valence-electron chi connectivity index (χ2n) is 3.12. The number of pyridine rings is 2. The van der Waals surface area contributed by atoms with E-state index >= 15 is 0 Å². The fraction of sp³-hybridized carbons (Fsp3) is 0. The van der Waals surface area contributed by atoms with Gasteiger partial charge in [-0.1, -0.05) is 12.1 Å². The summed E-state index contributed by atoms with van der Waals surface area (Å²) in [5.74, 6) is -1.98. The Balaban J connectivity index is 0.000000322. The van der Waals surface area contributed by atoms with Crippen LogP contribution < -0.4 is 0 Å². The first-order valence-electron chi connectivity index (χ1n) is 5.28. The molecule has 8 nitrogen and oxygen atoms in total. The normalized spacial score (nSPS) is 8.24. The Hall–Kier alpha value is -2.42. The van der Waals surface area contributed by atoms with Crippen LogP contribution in [0.1, 0.15) is 21.0 Å². The zero-order chi connectivity index (χ0) is 16.1. The van der Waals surface area contributed by atoms with Crippen molar-refractivity contribution < 1.29 is 44.1 Å². The summed E-state index contributed by atoms with van der Waals surface area (Å²) in [5, 5.41) is 16.6. The standard InChI is InChI=1S/2C6H5NO2.H2O.O.V/c2*8-6(9)5-3-1-2-4-7-5;;;/h2*1-4H,(H,8,9);1H2;;/q;;;;+1/p-1. The molecular formula is C12H11N2O6V. The molecule has 0 amide bonds. The zero-order valence-corrected chi connectivity index (χ0v) is 11.9. The van der Waals surface area contributed by atoms with E-state index in [0.29, 0.717) is 0 Å². The van der Waals surface area contributed by atoms with Crippen LogP contribution in [0.15, 0.2) is 48.8 Å². The van der Waals surface area contributed by atoms with Gasteiger partial charge in [0.1, 0.15) is 11.4 Å². The summed E-state index contributed by atoms with van der Waals surface area (Å²) in [7, 11) is 0. The van der Waals surface area contributed by atoms with Gasteiger partial charge in [0.25, 0.3) is 0 Å². The number of carboxylic acids is 2. The Morgan fingerprint density at radius 1 is 0.857 bits per heavy atom. The number of carboxylic acid groups (broad SMARTS) is 2. The molecule has 9 heteroatoms. The van der Waals surface area contributed by atoms with Gasteiger partial charge in [-0.2, -0.15) is 0 Å². The Bertz CT molecular complexity index is 515. The van der Waals surface area contributed by atoms with Crippen molar-refractivity contribution >= 4 is 11.9 Å². The molecule has 2 aromatic rings. The molecule has 2 rings (SSSR count). The molecule has 0 radical (unpaired) electrons. The van der Waals surface area contributed by atoms with Gasteiger partial charge in [0.15, 0.2) is 0 Å². The summed E-state index contributed by atoms with van der Waals surface area (Å²) in [4.78, 5) is 27.4.